The minimum absolute atomic E-state index is 0.0655. The summed E-state index contributed by atoms with van der Waals surface area (Å²) in [5, 5.41) is 5.32. The van der Waals surface area contributed by atoms with Crippen LogP contribution in [0.15, 0.2) is 85.5 Å². The molecule has 158 valence electrons. The first-order valence-corrected chi connectivity index (χ1v) is 10.6. The van der Waals surface area contributed by atoms with E-state index in [1.54, 1.807) is 6.20 Å². The number of imidazole rings is 1. The average Bonchev–Trinajstić information content (AvgIpc) is 3.29. The molecule has 0 bridgehead atoms. The molecule has 1 unspecified atom stereocenters. The highest BCUT2D eigenvalue weighted by atomic mass is 16.5. The molecule has 0 radical (unpaired) electrons. The Morgan fingerprint density at radius 2 is 1.81 bits per heavy atom. The van der Waals surface area contributed by atoms with Gasteiger partial charge >= 0.3 is 0 Å². The van der Waals surface area contributed by atoms with E-state index in [1.165, 1.54) is 23.3 Å². The van der Waals surface area contributed by atoms with Gasteiger partial charge in [-0.25, -0.2) is 4.98 Å². The Bertz CT molecular complexity index is 1120. The summed E-state index contributed by atoms with van der Waals surface area (Å²) in [7, 11) is 0. The first-order chi connectivity index (χ1) is 15.2. The zero-order chi connectivity index (χ0) is 21.5. The SMILES string of the molecule is CC(=O)Nc1ccc(COC(CCc2ccc3ccccc3c2)Cn2ccnc2)cc1. The van der Waals surface area contributed by atoms with Gasteiger partial charge in [-0.1, -0.05) is 54.6 Å². The Morgan fingerprint density at radius 3 is 2.55 bits per heavy atom. The number of carbonyl (C=O) groups is 1. The Balaban J connectivity index is 1.39. The Morgan fingerprint density at radius 1 is 1.03 bits per heavy atom. The number of ether oxygens (including phenoxy) is 1. The Labute approximate surface area is 182 Å². The number of hydrogen-bond acceptors (Lipinski definition) is 3. The van der Waals surface area contributed by atoms with Crippen LogP contribution in [-0.4, -0.2) is 21.6 Å². The van der Waals surface area contributed by atoms with E-state index in [2.05, 4.69) is 57.3 Å². The van der Waals surface area contributed by atoms with Crippen LogP contribution in [-0.2, 0) is 29.1 Å². The van der Waals surface area contributed by atoms with E-state index >= 15 is 0 Å². The smallest absolute Gasteiger partial charge is 0.221 e. The van der Waals surface area contributed by atoms with Crippen molar-refractivity contribution in [2.24, 2.45) is 0 Å². The van der Waals surface area contributed by atoms with Gasteiger partial charge in [0.15, 0.2) is 0 Å². The van der Waals surface area contributed by atoms with Crippen molar-refractivity contribution in [1.82, 2.24) is 9.55 Å². The van der Waals surface area contributed by atoms with Crippen LogP contribution >= 0.6 is 0 Å². The highest BCUT2D eigenvalue weighted by Gasteiger charge is 2.12. The number of aryl methyl sites for hydroxylation is 1. The van der Waals surface area contributed by atoms with Crippen molar-refractivity contribution < 1.29 is 9.53 Å². The van der Waals surface area contributed by atoms with E-state index in [4.69, 9.17) is 4.74 Å². The molecule has 5 nitrogen and oxygen atoms in total. The molecule has 0 aliphatic heterocycles. The maximum Gasteiger partial charge on any atom is 0.221 e. The number of anilines is 1. The number of rotatable bonds is 9. The van der Waals surface area contributed by atoms with Gasteiger partial charge in [0.1, 0.15) is 0 Å². The van der Waals surface area contributed by atoms with Crippen molar-refractivity contribution in [1.29, 1.82) is 0 Å². The van der Waals surface area contributed by atoms with Crippen LogP contribution in [0.4, 0.5) is 5.69 Å². The van der Waals surface area contributed by atoms with E-state index in [0.29, 0.717) is 6.61 Å². The lowest BCUT2D eigenvalue weighted by molar-refractivity contribution is -0.114. The molecule has 0 saturated carbocycles. The van der Waals surface area contributed by atoms with Crippen LogP contribution in [0.25, 0.3) is 10.8 Å². The fraction of sp³-hybridized carbons (Fsp3) is 0.231. The molecule has 0 saturated heterocycles. The summed E-state index contributed by atoms with van der Waals surface area (Å²) < 4.78 is 8.36. The van der Waals surface area contributed by atoms with E-state index in [0.717, 1.165) is 30.6 Å². The van der Waals surface area contributed by atoms with Gasteiger partial charge in [0.25, 0.3) is 0 Å². The molecule has 1 N–H and O–H groups in total. The molecule has 1 atom stereocenters. The van der Waals surface area contributed by atoms with Gasteiger partial charge in [-0.05, 0) is 46.9 Å². The largest absolute Gasteiger partial charge is 0.372 e. The predicted molar refractivity (Wildman–Crippen MR) is 124 cm³/mol. The number of carbonyl (C=O) groups excluding carboxylic acids is 1. The molecule has 1 aromatic heterocycles. The van der Waals surface area contributed by atoms with Crippen molar-refractivity contribution in [3.8, 4) is 0 Å². The highest BCUT2D eigenvalue weighted by molar-refractivity contribution is 5.88. The molecule has 1 amide bonds. The number of nitrogens with zero attached hydrogens (tertiary/aromatic N) is 2. The number of fused-ring (bicyclic) bond motifs is 1. The summed E-state index contributed by atoms with van der Waals surface area (Å²) in [6, 6.07) is 22.9. The number of aromatic nitrogens is 2. The Hall–Kier alpha value is -3.44. The molecule has 0 aliphatic carbocycles. The second-order valence-electron chi connectivity index (χ2n) is 7.79. The molecule has 5 heteroatoms. The standard InChI is InChI=1S/C26H27N3O2/c1-20(30)28-25-11-7-22(8-12-25)18-31-26(17-29-15-14-27-19-29)13-9-21-6-10-23-4-2-3-5-24(23)16-21/h2-8,10-12,14-16,19,26H,9,13,17-18H2,1H3,(H,28,30). The van der Waals surface area contributed by atoms with Gasteiger partial charge in [-0.15, -0.1) is 0 Å². The van der Waals surface area contributed by atoms with Crippen LogP contribution in [0.2, 0.25) is 0 Å². The number of hydrogen-bond donors (Lipinski definition) is 1. The van der Waals surface area contributed by atoms with E-state index in [-0.39, 0.29) is 12.0 Å². The van der Waals surface area contributed by atoms with Gasteiger partial charge < -0.3 is 14.6 Å². The lowest BCUT2D eigenvalue weighted by Gasteiger charge is -2.19. The maximum atomic E-state index is 11.2. The molecular weight excluding hydrogens is 386 g/mol. The average molecular weight is 414 g/mol. The normalized spacial score (nSPS) is 12.0. The third-order valence-electron chi connectivity index (χ3n) is 5.30. The van der Waals surface area contributed by atoms with Crippen molar-refractivity contribution >= 4 is 22.4 Å². The molecule has 3 aromatic carbocycles. The fourth-order valence-corrected chi connectivity index (χ4v) is 3.68. The number of amides is 1. The molecule has 4 aromatic rings. The van der Waals surface area contributed by atoms with E-state index < -0.39 is 0 Å². The van der Waals surface area contributed by atoms with Crippen molar-refractivity contribution in [2.45, 2.75) is 39.0 Å². The van der Waals surface area contributed by atoms with Gasteiger partial charge in [-0.3, -0.25) is 4.79 Å². The molecule has 0 aliphatic rings. The monoisotopic (exact) mass is 413 g/mol. The van der Waals surface area contributed by atoms with Crippen molar-refractivity contribution in [3.63, 3.8) is 0 Å². The van der Waals surface area contributed by atoms with Crippen LogP contribution in [0.5, 0.6) is 0 Å². The predicted octanol–water partition coefficient (Wildman–Crippen LogP) is 5.21. The van der Waals surface area contributed by atoms with Gasteiger partial charge in [0.2, 0.25) is 5.91 Å². The zero-order valence-corrected chi connectivity index (χ0v) is 17.7. The van der Waals surface area contributed by atoms with Gasteiger partial charge in [0, 0.05) is 31.5 Å². The Kier molecular flexibility index (Phi) is 6.75. The minimum atomic E-state index is -0.0712. The van der Waals surface area contributed by atoms with Crippen LogP contribution in [0.3, 0.4) is 0 Å². The van der Waals surface area contributed by atoms with E-state index in [1.807, 2.05) is 36.8 Å². The summed E-state index contributed by atoms with van der Waals surface area (Å²) in [4.78, 5) is 15.3. The van der Waals surface area contributed by atoms with Gasteiger partial charge in [-0.2, -0.15) is 0 Å². The minimum Gasteiger partial charge on any atom is -0.372 e. The third kappa shape index (κ3) is 6.03. The highest BCUT2D eigenvalue weighted by Crippen LogP contribution is 2.19. The summed E-state index contributed by atoms with van der Waals surface area (Å²) in [5.74, 6) is -0.0712. The second kappa shape index (κ2) is 10.0. The summed E-state index contributed by atoms with van der Waals surface area (Å²) in [5.41, 5.74) is 3.19. The molecule has 0 spiro atoms. The van der Waals surface area contributed by atoms with Gasteiger partial charge in [0.05, 0.1) is 19.0 Å². The van der Waals surface area contributed by atoms with Crippen LogP contribution in [0.1, 0.15) is 24.5 Å². The second-order valence-corrected chi connectivity index (χ2v) is 7.79. The maximum absolute atomic E-state index is 11.2. The first-order valence-electron chi connectivity index (χ1n) is 10.6. The quantitative estimate of drug-likeness (QED) is 0.410. The topological polar surface area (TPSA) is 56.1 Å². The fourth-order valence-electron chi connectivity index (χ4n) is 3.68. The molecule has 1 heterocycles. The molecule has 0 fully saturated rings. The van der Waals surface area contributed by atoms with Crippen LogP contribution < -0.4 is 5.32 Å². The lowest BCUT2D eigenvalue weighted by Crippen LogP contribution is -2.20. The lowest BCUT2D eigenvalue weighted by atomic mass is 10.0. The van der Waals surface area contributed by atoms with E-state index in [9.17, 15) is 4.79 Å². The van der Waals surface area contributed by atoms with Crippen molar-refractivity contribution in [3.05, 3.63) is 96.6 Å². The molecule has 4 rings (SSSR count). The molecular formula is C26H27N3O2. The summed E-state index contributed by atoms with van der Waals surface area (Å²) in [6.07, 6.45) is 7.52. The third-order valence-corrected chi connectivity index (χ3v) is 5.30. The zero-order valence-electron chi connectivity index (χ0n) is 17.7. The summed E-state index contributed by atoms with van der Waals surface area (Å²) in [6.45, 7) is 2.79. The molecule has 31 heavy (non-hydrogen) atoms. The summed E-state index contributed by atoms with van der Waals surface area (Å²) >= 11 is 0. The number of benzene rings is 3. The van der Waals surface area contributed by atoms with Crippen molar-refractivity contribution in [2.75, 3.05) is 5.32 Å². The first kappa shape index (κ1) is 20.8. The van der Waals surface area contributed by atoms with Crippen LogP contribution in [0, 0.1) is 0 Å². The number of nitrogens with one attached hydrogen (secondary N) is 1.